The highest BCUT2D eigenvalue weighted by molar-refractivity contribution is 9.10. The summed E-state index contributed by atoms with van der Waals surface area (Å²) in [4.78, 5) is 0. The van der Waals surface area contributed by atoms with E-state index in [9.17, 15) is 0 Å². The number of fused-ring (bicyclic) bond motifs is 1. The summed E-state index contributed by atoms with van der Waals surface area (Å²) in [7, 11) is 0. The predicted octanol–water partition coefficient (Wildman–Crippen LogP) is 4.12. The summed E-state index contributed by atoms with van der Waals surface area (Å²) < 4.78 is 1.22. The topological polar surface area (TPSA) is 12.0 Å². The van der Waals surface area contributed by atoms with Crippen LogP contribution in [0.25, 0.3) is 0 Å². The number of benzene rings is 1. The lowest BCUT2D eigenvalue weighted by molar-refractivity contribution is 0.333. The molecule has 1 saturated carbocycles. The van der Waals surface area contributed by atoms with Crippen LogP contribution in [0, 0.1) is 0 Å². The highest BCUT2D eigenvalue weighted by Gasteiger charge is 2.38. The summed E-state index contributed by atoms with van der Waals surface area (Å²) in [5, 5.41) is 3.77. The SMILES string of the molecule is Brc1cccc2c1NC1(CCCCC1)C2. The largest absolute Gasteiger partial charge is 0.378 e. The maximum absolute atomic E-state index is 3.77. The second-order valence-electron chi connectivity index (χ2n) is 4.92. The third kappa shape index (κ3) is 1.59. The summed E-state index contributed by atoms with van der Waals surface area (Å²) in [5.41, 5.74) is 3.23. The Morgan fingerprint density at radius 3 is 2.67 bits per heavy atom. The van der Waals surface area contributed by atoms with Gasteiger partial charge in [0.1, 0.15) is 0 Å². The zero-order valence-electron chi connectivity index (χ0n) is 8.85. The van der Waals surface area contributed by atoms with Crippen molar-refractivity contribution >= 4 is 21.6 Å². The molecule has 2 aliphatic rings. The fourth-order valence-corrected chi connectivity index (χ4v) is 3.57. The molecule has 15 heavy (non-hydrogen) atoms. The first kappa shape index (κ1) is 9.71. The molecule has 1 N–H and O–H groups in total. The number of rotatable bonds is 0. The molecule has 0 unspecified atom stereocenters. The first-order valence-corrected chi connectivity index (χ1v) is 6.64. The van der Waals surface area contributed by atoms with Gasteiger partial charge in [0.05, 0.1) is 5.69 Å². The molecule has 1 aromatic rings. The van der Waals surface area contributed by atoms with Crippen LogP contribution in [-0.4, -0.2) is 5.54 Å². The normalized spacial score (nSPS) is 22.5. The summed E-state index contributed by atoms with van der Waals surface area (Å²) in [5.74, 6) is 0. The molecule has 1 aromatic carbocycles. The molecular formula is C13H16BrN. The molecule has 0 amide bonds. The maximum atomic E-state index is 3.77. The molecule has 1 heterocycles. The second kappa shape index (κ2) is 3.51. The standard InChI is InChI=1S/C13H16BrN/c14-11-6-4-5-10-9-13(15-12(10)11)7-2-1-3-8-13/h4-6,15H,1-3,7-9H2. The summed E-state index contributed by atoms with van der Waals surface area (Å²) in [6.07, 6.45) is 8.10. The molecular weight excluding hydrogens is 250 g/mol. The Morgan fingerprint density at radius 1 is 1.13 bits per heavy atom. The van der Waals surface area contributed by atoms with Gasteiger partial charge in [-0.2, -0.15) is 0 Å². The average Bonchev–Trinajstić information content (AvgIpc) is 2.59. The van der Waals surface area contributed by atoms with Crippen LogP contribution in [0.2, 0.25) is 0 Å². The van der Waals surface area contributed by atoms with Gasteiger partial charge in [0.25, 0.3) is 0 Å². The van der Waals surface area contributed by atoms with Crippen molar-refractivity contribution in [3.05, 3.63) is 28.2 Å². The van der Waals surface area contributed by atoms with Crippen molar-refractivity contribution in [1.29, 1.82) is 0 Å². The Balaban J connectivity index is 1.94. The van der Waals surface area contributed by atoms with Gasteiger partial charge < -0.3 is 5.32 Å². The van der Waals surface area contributed by atoms with Gasteiger partial charge >= 0.3 is 0 Å². The van der Waals surface area contributed by atoms with Gasteiger partial charge in [0.2, 0.25) is 0 Å². The van der Waals surface area contributed by atoms with E-state index in [4.69, 9.17) is 0 Å². The van der Waals surface area contributed by atoms with E-state index in [2.05, 4.69) is 39.4 Å². The fraction of sp³-hybridized carbons (Fsp3) is 0.538. The number of para-hydroxylation sites is 1. The Kier molecular flexibility index (Phi) is 2.27. The van der Waals surface area contributed by atoms with Crippen LogP contribution >= 0.6 is 15.9 Å². The van der Waals surface area contributed by atoms with E-state index in [1.807, 2.05) is 0 Å². The van der Waals surface area contributed by atoms with Gasteiger partial charge in [-0.05, 0) is 46.8 Å². The van der Waals surface area contributed by atoms with E-state index >= 15 is 0 Å². The summed E-state index contributed by atoms with van der Waals surface area (Å²) >= 11 is 3.63. The summed E-state index contributed by atoms with van der Waals surface area (Å²) in [6, 6.07) is 6.54. The minimum atomic E-state index is 0.393. The quantitative estimate of drug-likeness (QED) is 0.744. The van der Waals surface area contributed by atoms with Crippen LogP contribution in [0.4, 0.5) is 5.69 Å². The zero-order chi connectivity index (χ0) is 10.3. The molecule has 80 valence electrons. The Labute approximate surface area is 99.4 Å². The Morgan fingerprint density at radius 2 is 1.93 bits per heavy atom. The van der Waals surface area contributed by atoms with E-state index in [-0.39, 0.29) is 0 Å². The molecule has 0 aromatic heterocycles. The second-order valence-corrected chi connectivity index (χ2v) is 5.77. The lowest BCUT2D eigenvalue weighted by Crippen LogP contribution is -2.38. The maximum Gasteiger partial charge on any atom is 0.0522 e. The smallest absolute Gasteiger partial charge is 0.0522 e. The van der Waals surface area contributed by atoms with Crippen molar-refractivity contribution < 1.29 is 0 Å². The molecule has 0 radical (unpaired) electrons. The first-order chi connectivity index (χ1) is 7.29. The molecule has 0 bridgehead atoms. The highest BCUT2D eigenvalue weighted by Crippen LogP contribution is 2.44. The number of nitrogens with one attached hydrogen (secondary N) is 1. The van der Waals surface area contributed by atoms with Crippen molar-refractivity contribution in [2.24, 2.45) is 0 Å². The van der Waals surface area contributed by atoms with Crippen LogP contribution in [-0.2, 0) is 6.42 Å². The monoisotopic (exact) mass is 265 g/mol. The van der Waals surface area contributed by atoms with Crippen molar-refractivity contribution in [3.63, 3.8) is 0 Å². The third-order valence-electron chi connectivity index (χ3n) is 3.83. The lowest BCUT2D eigenvalue weighted by atomic mass is 9.80. The van der Waals surface area contributed by atoms with Crippen LogP contribution in [0.5, 0.6) is 0 Å². The van der Waals surface area contributed by atoms with Crippen molar-refractivity contribution in [2.45, 2.75) is 44.1 Å². The Hall–Kier alpha value is -0.500. The first-order valence-electron chi connectivity index (χ1n) is 5.85. The van der Waals surface area contributed by atoms with Crippen LogP contribution in [0.3, 0.4) is 0 Å². The van der Waals surface area contributed by atoms with Gasteiger partial charge in [-0.25, -0.2) is 0 Å². The third-order valence-corrected chi connectivity index (χ3v) is 4.49. The van der Waals surface area contributed by atoms with E-state index in [1.165, 1.54) is 54.2 Å². The van der Waals surface area contributed by atoms with Gasteiger partial charge in [-0.3, -0.25) is 0 Å². The molecule has 1 spiro atoms. The van der Waals surface area contributed by atoms with Gasteiger partial charge in [-0.15, -0.1) is 0 Å². The van der Waals surface area contributed by atoms with Gasteiger partial charge in [0.15, 0.2) is 0 Å². The minimum absolute atomic E-state index is 0.393. The van der Waals surface area contributed by atoms with Crippen molar-refractivity contribution in [1.82, 2.24) is 0 Å². The number of hydrogen-bond donors (Lipinski definition) is 1. The van der Waals surface area contributed by atoms with Crippen LogP contribution < -0.4 is 5.32 Å². The van der Waals surface area contributed by atoms with Crippen molar-refractivity contribution in [3.8, 4) is 0 Å². The zero-order valence-corrected chi connectivity index (χ0v) is 10.4. The molecule has 1 aliphatic carbocycles. The molecule has 1 nitrogen and oxygen atoms in total. The molecule has 1 aliphatic heterocycles. The predicted molar refractivity (Wildman–Crippen MR) is 67.3 cm³/mol. The van der Waals surface area contributed by atoms with E-state index in [0.717, 1.165) is 0 Å². The highest BCUT2D eigenvalue weighted by atomic mass is 79.9. The van der Waals surface area contributed by atoms with Gasteiger partial charge in [0, 0.05) is 10.0 Å². The lowest BCUT2D eigenvalue weighted by Gasteiger charge is -2.34. The van der Waals surface area contributed by atoms with Crippen LogP contribution in [0.15, 0.2) is 22.7 Å². The molecule has 3 rings (SSSR count). The molecule has 2 heteroatoms. The fourth-order valence-electron chi connectivity index (χ4n) is 3.06. The van der Waals surface area contributed by atoms with Gasteiger partial charge in [-0.1, -0.05) is 31.4 Å². The molecule has 0 saturated heterocycles. The average molecular weight is 266 g/mol. The number of halogens is 1. The summed E-state index contributed by atoms with van der Waals surface area (Å²) in [6.45, 7) is 0. The van der Waals surface area contributed by atoms with E-state index in [1.54, 1.807) is 0 Å². The molecule has 1 fully saturated rings. The van der Waals surface area contributed by atoms with E-state index in [0.29, 0.717) is 5.54 Å². The molecule has 0 atom stereocenters. The van der Waals surface area contributed by atoms with Crippen LogP contribution in [0.1, 0.15) is 37.7 Å². The Bertz CT molecular complexity index is 380. The van der Waals surface area contributed by atoms with E-state index < -0.39 is 0 Å². The minimum Gasteiger partial charge on any atom is -0.378 e. The van der Waals surface area contributed by atoms with Crippen molar-refractivity contribution in [2.75, 3.05) is 5.32 Å². The number of anilines is 1. The number of hydrogen-bond acceptors (Lipinski definition) is 1.